The Kier molecular flexibility index (Phi) is 5.07. The van der Waals surface area contributed by atoms with E-state index in [2.05, 4.69) is 4.98 Å². The average Bonchev–Trinajstić information content (AvgIpc) is 3.20. The van der Waals surface area contributed by atoms with Crippen molar-refractivity contribution < 1.29 is 13.9 Å². The van der Waals surface area contributed by atoms with E-state index in [0.29, 0.717) is 41.8 Å². The molecule has 3 aromatic heterocycles. The Morgan fingerprint density at radius 1 is 1.32 bits per heavy atom. The molecule has 1 aliphatic rings. The lowest BCUT2D eigenvalue weighted by molar-refractivity contribution is 0.0599. The maximum absolute atomic E-state index is 11.7. The van der Waals surface area contributed by atoms with Crippen molar-refractivity contribution in [2.45, 2.75) is 45.7 Å². The van der Waals surface area contributed by atoms with Gasteiger partial charge in [-0.05, 0) is 51.3 Å². The molecule has 28 heavy (non-hydrogen) atoms. The Labute approximate surface area is 167 Å². The van der Waals surface area contributed by atoms with Gasteiger partial charge >= 0.3 is 5.97 Å². The number of furan rings is 1. The van der Waals surface area contributed by atoms with Crippen LogP contribution in [-0.4, -0.2) is 35.0 Å². The van der Waals surface area contributed by atoms with E-state index in [1.165, 1.54) is 30.4 Å². The van der Waals surface area contributed by atoms with Gasteiger partial charge in [0.2, 0.25) is 0 Å². The monoisotopic (exact) mass is 400 g/mol. The fraction of sp³-hybridized carbons (Fsp3) is 0.450. The van der Waals surface area contributed by atoms with E-state index >= 15 is 0 Å². The van der Waals surface area contributed by atoms with Gasteiger partial charge in [-0.3, -0.25) is 4.90 Å². The molecule has 0 atom stereocenters. The third kappa shape index (κ3) is 3.49. The molecule has 2 N–H and O–H groups in total. The number of fused-ring (bicyclic) bond motifs is 3. The summed E-state index contributed by atoms with van der Waals surface area (Å²) in [5, 5.41) is 1.05. The number of methoxy groups -OCH3 is 1. The summed E-state index contributed by atoms with van der Waals surface area (Å²) in [4.78, 5) is 25.5. The van der Waals surface area contributed by atoms with E-state index in [4.69, 9.17) is 19.9 Å². The van der Waals surface area contributed by atoms with Gasteiger partial charge in [-0.25, -0.2) is 14.8 Å². The highest BCUT2D eigenvalue weighted by atomic mass is 32.1. The SMILES string of the molecule is COC(=O)c1cc(CN(C)Cc2nc(N)c3c4c(sc3n2)CCCC4)oc1C. The van der Waals surface area contributed by atoms with Gasteiger partial charge in [0.15, 0.2) is 0 Å². The van der Waals surface area contributed by atoms with Crippen LogP contribution in [0.5, 0.6) is 0 Å². The minimum atomic E-state index is -0.390. The van der Waals surface area contributed by atoms with Crippen molar-refractivity contribution in [2.75, 3.05) is 19.9 Å². The third-order valence-electron chi connectivity index (χ3n) is 5.10. The molecule has 0 saturated heterocycles. The molecule has 0 spiro atoms. The normalized spacial score (nSPS) is 13.9. The second-order valence-electron chi connectivity index (χ2n) is 7.26. The number of ether oxygens (including phenoxy) is 1. The number of aryl methyl sites for hydroxylation is 3. The second kappa shape index (κ2) is 7.52. The molecule has 1 aliphatic carbocycles. The average molecular weight is 401 g/mol. The topological polar surface area (TPSA) is 94.5 Å². The summed E-state index contributed by atoms with van der Waals surface area (Å²) in [5.41, 5.74) is 8.10. The van der Waals surface area contributed by atoms with Crippen LogP contribution in [-0.2, 0) is 30.7 Å². The highest BCUT2D eigenvalue weighted by Crippen LogP contribution is 2.37. The van der Waals surface area contributed by atoms with Gasteiger partial charge in [-0.2, -0.15) is 0 Å². The zero-order chi connectivity index (χ0) is 19.8. The second-order valence-corrected chi connectivity index (χ2v) is 8.35. The smallest absolute Gasteiger partial charge is 0.341 e. The summed E-state index contributed by atoms with van der Waals surface area (Å²) in [6.07, 6.45) is 4.63. The number of esters is 1. The summed E-state index contributed by atoms with van der Waals surface area (Å²) < 4.78 is 10.5. The third-order valence-corrected chi connectivity index (χ3v) is 6.29. The van der Waals surface area contributed by atoms with Gasteiger partial charge in [-0.1, -0.05) is 0 Å². The summed E-state index contributed by atoms with van der Waals surface area (Å²) in [5.74, 6) is 2.14. The molecule has 0 fully saturated rings. The molecule has 0 radical (unpaired) electrons. The number of nitrogens with two attached hydrogens (primary N) is 1. The van der Waals surface area contributed by atoms with Crippen molar-refractivity contribution in [1.29, 1.82) is 0 Å². The summed E-state index contributed by atoms with van der Waals surface area (Å²) in [6.45, 7) is 2.82. The lowest BCUT2D eigenvalue weighted by atomic mass is 9.97. The Morgan fingerprint density at radius 2 is 2.11 bits per heavy atom. The highest BCUT2D eigenvalue weighted by Gasteiger charge is 2.21. The predicted octanol–water partition coefficient (Wildman–Crippen LogP) is 3.47. The Bertz CT molecular complexity index is 1040. The fourth-order valence-electron chi connectivity index (χ4n) is 3.80. The van der Waals surface area contributed by atoms with Crippen LogP contribution in [0.3, 0.4) is 0 Å². The first-order valence-electron chi connectivity index (χ1n) is 9.39. The van der Waals surface area contributed by atoms with E-state index in [9.17, 15) is 4.79 Å². The van der Waals surface area contributed by atoms with Gasteiger partial charge < -0.3 is 14.9 Å². The molecular weight excluding hydrogens is 376 g/mol. The number of nitrogen functional groups attached to an aromatic ring is 1. The van der Waals surface area contributed by atoms with Crippen LogP contribution >= 0.6 is 11.3 Å². The van der Waals surface area contributed by atoms with Crippen molar-refractivity contribution in [3.63, 3.8) is 0 Å². The molecule has 0 bridgehead atoms. The largest absolute Gasteiger partial charge is 0.465 e. The fourth-order valence-corrected chi connectivity index (χ4v) is 5.09. The van der Waals surface area contributed by atoms with Gasteiger partial charge in [0.05, 0.1) is 25.6 Å². The molecule has 148 valence electrons. The van der Waals surface area contributed by atoms with Crippen molar-refractivity contribution in [3.8, 4) is 0 Å². The van der Waals surface area contributed by atoms with Gasteiger partial charge in [0.25, 0.3) is 0 Å². The summed E-state index contributed by atoms with van der Waals surface area (Å²) in [6, 6.07) is 1.73. The Morgan fingerprint density at radius 3 is 2.89 bits per heavy atom. The zero-order valence-electron chi connectivity index (χ0n) is 16.4. The van der Waals surface area contributed by atoms with Crippen molar-refractivity contribution in [2.24, 2.45) is 0 Å². The van der Waals surface area contributed by atoms with Crippen LogP contribution in [0.1, 0.15) is 51.0 Å². The zero-order valence-corrected chi connectivity index (χ0v) is 17.2. The number of hydrogen-bond donors (Lipinski definition) is 1. The highest BCUT2D eigenvalue weighted by molar-refractivity contribution is 7.19. The van der Waals surface area contributed by atoms with Gasteiger partial charge in [0.1, 0.15) is 33.6 Å². The number of nitrogens with zero attached hydrogens (tertiary/aromatic N) is 3. The van der Waals surface area contributed by atoms with E-state index < -0.39 is 5.97 Å². The molecule has 0 saturated carbocycles. The number of hydrogen-bond acceptors (Lipinski definition) is 8. The number of rotatable bonds is 5. The van der Waals surface area contributed by atoms with E-state index in [-0.39, 0.29) is 0 Å². The molecule has 7 nitrogen and oxygen atoms in total. The van der Waals surface area contributed by atoms with Crippen LogP contribution in [0.15, 0.2) is 10.5 Å². The molecule has 0 aromatic carbocycles. The summed E-state index contributed by atoms with van der Waals surface area (Å²) in [7, 11) is 3.32. The molecule has 8 heteroatoms. The molecule has 3 aromatic rings. The van der Waals surface area contributed by atoms with Crippen molar-refractivity contribution in [1.82, 2.24) is 14.9 Å². The first-order valence-corrected chi connectivity index (χ1v) is 10.2. The molecule has 0 unspecified atom stereocenters. The lowest BCUT2D eigenvalue weighted by Crippen LogP contribution is -2.19. The number of anilines is 1. The predicted molar refractivity (Wildman–Crippen MR) is 108 cm³/mol. The van der Waals surface area contributed by atoms with Crippen LogP contribution in [0, 0.1) is 6.92 Å². The lowest BCUT2D eigenvalue weighted by Gasteiger charge is -2.14. The number of carbonyl (C=O) groups excluding carboxylic acids is 1. The number of aromatic nitrogens is 2. The van der Waals surface area contributed by atoms with Crippen LogP contribution in [0.2, 0.25) is 0 Å². The molecule has 3 heterocycles. The van der Waals surface area contributed by atoms with E-state index in [1.807, 2.05) is 11.9 Å². The van der Waals surface area contributed by atoms with Gasteiger partial charge in [-0.15, -0.1) is 11.3 Å². The van der Waals surface area contributed by atoms with Crippen LogP contribution in [0.4, 0.5) is 5.82 Å². The van der Waals surface area contributed by atoms with E-state index in [0.717, 1.165) is 23.1 Å². The van der Waals surface area contributed by atoms with E-state index in [1.54, 1.807) is 24.3 Å². The maximum atomic E-state index is 11.7. The Balaban J connectivity index is 1.52. The van der Waals surface area contributed by atoms with Gasteiger partial charge in [0, 0.05) is 4.88 Å². The standard InChI is InChI=1S/C20H24N4O3S/c1-11-14(20(25)26-3)8-12(27-11)9-24(2)10-16-22-18(21)17-13-6-4-5-7-15(13)28-19(17)23-16/h8H,4-7,9-10H2,1-3H3,(H2,21,22,23). The molecule has 4 rings (SSSR count). The molecule has 0 amide bonds. The number of thiophene rings is 1. The van der Waals surface area contributed by atoms with Crippen LogP contribution < -0.4 is 5.73 Å². The van der Waals surface area contributed by atoms with Crippen molar-refractivity contribution in [3.05, 3.63) is 39.4 Å². The maximum Gasteiger partial charge on any atom is 0.341 e. The first kappa shape index (κ1) is 18.9. The summed E-state index contributed by atoms with van der Waals surface area (Å²) >= 11 is 1.75. The molecule has 0 aliphatic heterocycles. The first-order chi connectivity index (χ1) is 13.5. The minimum Gasteiger partial charge on any atom is -0.465 e. The Hall–Kier alpha value is -2.45. The molecular formula is C20H24N4O3S. The van der Waals surface area contributed by atoms with Crippen molar-refractivity contribution >= 4 is 33.3 Å². The minimum absolute atomic E-state index is 0.390. The quantitative estimate of drug-likeness (QED) is 0.655. The number of carbonyl (C=O) groups is 1. The van der Waals surface area contributed by atoms with Crippen LogP contribution in [0.25, 0.3) is 10.2 Å².